The van der Waals surface area contributed by atoms with Crippen molar-refractivity contribution < 1.29 is 35.9 Å². The summed E-state index contributed by atoms with van der Waals surface area (Å²) in [6, 6.07) is 34.4. The minimum atomic E-state index is -4.76. The van der Waals surface area contributed by atoms with Gasteiger partial charge in [-0.05, 0) is 77.4 Å². The van der Waals surface area contributed by atoms with Crippen LogP contribution in [-0.4, -0.2) is 16.4 Å². The van der Waals surface area contributed by atoms with Crippen molar-refractivity contribution in [2.45, 2.75) is 12.4 Å². The largest absolute Gasteiger partial charge is 0.416 e. The van der Waals surface area contributed by atoms with E-state index in [-0.39, 0.29) is 38.6 Å². The molecule has 2 heterocycles. The van der Waals surface area contributed by atoms with Crippen LogP contribution in [-0.2, 0) is 12.4 Å². The lowest BCUT2D eigenvalue weighted by molar-refractivity contribution is -0.138. The summed E-state index contributed by atoms with van der Waals surface area (Å²) >= 11 is 0. The summed E-state index contributed by atoms with van der Waals surface area (Å²) in [6.45, 7) is 0. The normalized spacial score (nSPS) is 13.4. The number of halogens is 6. The van der Waals surface area contributed by atoms with E-state index < -0.39 is 35.3 Å². The number of alkyl halides is 6. The number of hydrogen-bond acceptors (Lipinski definition) is 2. The molecule has 2 amide bonds. The third-order valence-corrected chi connectivity index (χ3v) is 8.98. The van der Waals surface area contributed by atoms with Crippen LogP contribution in [0, 0.1) is 0 Å². The summed E-state index contributed by atoms with van der Waals surface area (Å²) in [4.78, 5) is 29.7. The van der Waals surface area contributed by atoms with Crippen LogP contribution in [0.15, 0.2) is 133 Å². The zero-order valence-corrected chi connectivity index (χ0v) is 25.7. The molecule has 4 nitrogen and oxygen atoms in total. The predicted molar refractivity (Wildman–Crippen MR) is 179 cm³/mol. The number of nitrogens with zero attached hydrogens (tertiary/aromatic N) is 2. The maximum Gasteiger partial charge on any atom is 0.416 e. The Kier molecular flexibility index (Phi) is 6.97. The number of imide groups is 1. The molecule has 6 aromatic carbocycles. The van der Waals surface area contributed by atoms with E-state index in [9.17, 15) is 35.9 Å². The maximum absolute atomic E-state index is 14.5. The van der Waals surface area contributed by atoms with Gasteiger partial charge >= 0.3 is 12.4 Å². The quantitative estimate of drug-likeness (QED) is 0.138. The van der Waals surface area contributed by atoms with Gasteiger partial charge in [-0.2, -0.15) is 26.3 Å². The van der Waals surface area contributed by atoms with Crippen molar-refractivity contribution in [3.05, 3.63) is 156 Å². The molecule has 0 saturated carbocycles. The molecule has 0 N–H and O–H groups in total. The molecule has 1 aliphatic rings. The highest BCUT2D eigenvalue weighted by Gasteiger charge is 2.41. The average molecular weight is 677 g/mol. The average Bonchev–Trinajstić information content (AvgIpc) is 3.57. The molecule has 8 rings (SSSR count). The molecule has 7 aromatic rings. The number of benzene rings is 6. The Morgan fingerprint density at radius 3 is 1.56 bits per heavy atom. The Morgan fingerprint density at radius 1 is 0.440 bits per heavy atom. The molecule has 0 saturated heterocycles. The number of carbonyl (C=O) groups excluding carboxylic acids is 2. The molecule has 10 heteroatoms. The van der Waals surface area contributed by atoms with Gasteiger partial charge in [0.15, 0.2) is 0 Å². The van der Waals surface area contributed by atoms with Crippen molar-refractivity contribution in [2.24, 2.45) is 0 Å². The molecule has 1 aromatic heterocycles. The SMILES string of the molecule is O=C1c2cccc(-n3c4ccc(C(F)(F)F)cc4c4cc(C(F)(F)F)ccc43)c2C(=O)N1c1ccc(-c2ccccc2)cc1-c1ccccc1. The summed E-state index contributed by atoms with van der Waals surface area (Å²) in [7, 11) is 0. The monoisotopic (exact) mass is 676 g/mol. The van der Waals surface area contributed by atoms with Crippen LogP contribution in [0.5, 0.6) is 0 Å². The van der Waals surface area contributed by atoms with Crippen molar-refractivity contribution >= 4 is 39.3 Å². The Balaban J connectivity index is 1.34. The smallest absolute Gasteiger partial charge is 0.308 e. The summed E-state index contributed by atoms with van der Waals surface area (Å²) < 4.78 is 84.2. The van der Waals surface area contributed by atoms with Crippen LogP contribution in [0.25, 0.3) is 49.7 Å². The molecule has 0 radical (unpaired) electrons. The zero-order chi connectivity index (χ0) is 34.9. The van der Waals surface area contributed by atoms with Gasteiger partial charge in [0.25, 0.3) is 11.8 Å². The molecule has 0 aliphatic carbocycles. The van der Waals surface area contributed by atoms with Crippen LogP contribution in [0.2, 0.25) is 0 Å². The van der Waals surface area contributed by atoms with Gasteiger partial charge in [0.1, 0.15) is 0 Å². The molecule has 0 unspecified atom stereocenters. The molecular formula is C40H22F6N2O2. The second-order valence-corrected chi connectivity index (χ2v) is 11.9. The maximum atomic E-state index is 14.5. The standard InChI is InChI=1S/C40H22F6N2O2/c41-39(42,43)26-15-18-33-30(21-26)31-22-27(40(44,45)46)16-19-34(31)47(33)35-13-7-12-28-36(35)38(50)48(37(28)49)32-17-14-25(23-8-3-1-4-9-23)20-29(32)24-10-5-2-6-11-24/h1-22H. The van der Waals surface area contributed by atoms with Gasteiger partial charge in [-0.1, -0.05) is 72.8 Å². The summed E-state index contributed by atoms with van der Waals surface area (Å²) in [5.41, 5.74) is 1.82. The first-order chi connectivity index (χ1) is 23.9. The van der Waals surface area contributed by atoms with Gasteiger partial charge in [0.05, 0.1) is 44.7 Å². The second-order valence-electron chi connectivity index (χ2n) is 11.9. The van der Waals surface area contributed by atoms with E-state index in [1.54, 1.807) is 6.07 Å². The molecule has 0 spiro atoms. The number of rotatable bonds is 4. The summed E-state index contributed by atoms with van der Waals surface area (Å²) in [5.74, 6) is -1.30. The fourth-order valence-corrected chi connectivity index (χ4v) is 6.70. The third kappa shape index (κ3) is 4.94. The first-order valence-corrected chi connectivity index (χ1v) is 15.4. The van der Waals surface area contributed by atoms with Gasteiger partial charge in [0, 0.05) is 16.3 Å². The van der Waals surface area contributed by atoms with Crippen LogP contribution in [0.3, 0.4) is 0 Å². The van der Waals surface area contributed by atoms with Gasteiger partial charge in [0.2, 0.25) is 0 Å². The molecule has 246 valence electrons. The number of anilines is 1. The van der Waals surface area contributed by atoms with Gasteiger partial charge < -0.3 is 4.57 Å². The fraction of sp³-hybridized carbons (Fsp3) is 0.0500. The van der Waals surface area contributed by atoms with Crippen molar-refractivity contribution in [3.8, 4) is 27.9 Å². The first-order valence-electron chi connectivity index (χ1n) is 15.4. The third-order valence-electron chi connectivity index (χ3n) is 8.98. The van der Waals surface area contributed by atoms with Crippen LogP contribution >= 0.6 is 0 Å². The molecule has 0 atom stereocenters. The zero-order valence-electron chi connectivity index (χ0n) is 25.7. The molecular weight excluding hydrogens is 654 g/mol. The number of aromatic nitrogens is 1. The fourth-order valence-electron chi connectivity index (χ4n) is 6.70. The van der Waals surface area contributed by atoms with Crippen molar-refractivity contribution in [1.82, 2.24) is 4.57 Å². The van der Waals surface area contributed by atoms with Crippen molar-refractivity contribution in [2.75, 3.05) is 4.90 Å². The van der Waals surface area contributed by atoms with Gasteiger partial charge in [-0.15, -0.1) is 0 Å². The van der Waals surface area contributed by atoms with E-state index in [4.69, 9.17) is 0 Å². The van der Waals surface area contributed by atoms with Crippen LogP contribution < -0.4 is 4.90 Å². The number of fused-ring (bicyclic) bond motifs is 4. The Labute approximate surface area is 280 Å². The first kappa shape index (κ1) is 31.1. The lowest BCUT2D eigenvalue weighted by Gasteiger charge is -2.20. The summed E-state index contributed by atoms with van der Waals surface area (Å²) in [6.07, 6.45) is -9.51. The topological polar surface area (TPSA) is 42.3 Å². The number of amides is 2. The highest BCUT2D eigenvalue weighted by molar-refractivity contribution is 6.36. The van der Waals surface area contributed by atoms with Crippen LogP contribution in [0.4, 0.5) is 32.0 Å². The summed E-state index contributed by atoms with van der Waals surface area (Å²) in [5, 5.41) is -0.176. The van der Waals surface area contributed by atoms with Gasteiger partial charge in [-0.3, -0.25) is 9.59 Å². The highest BCUT2D eigenvalue weighted by atomic mass is 19.4. The molecule has 0 bridgehead atoms. The molecule has 50 heavy (non-hydrogen) atoms. The molecule has 0 fully saturated rings. The second kappa shape index (κ2) is 11.2. The van der Waals surface area contributed by atoms with E-state index >= 15 is 0 Å². The van der Waals surface area contributed by atoms with E-state index in [0.717, 1.165) is 45.9 Å². The molecule has 1 aliphatic heterocycles. The van der Waals surface area contributed by atoms with E-state index in [0.29, 0.717) is 11.3 Å². The van der Waals surface area contributed by atoms with E-state index in [1.807, 2.05) is 72.8 Å². The number of carbonyl (C=O) groups is 2. The Morgan fingerprint density at radius 2 is 1.00 bits per heavy atom. The Hall–Kier alpha value is -6.16. The van der Waals surface area contributed by atoms with Crippen LogP contribution in [0.1, 0.15) is 31.8 Å². The van der Waals surface area contributed by atoms with Gasteiger partial charge in [-0.25, -0.2) is 4.90 Å². The predicted octanol–water partition coefficient (Wildman–Crippen LogP) is 11.0. The van der Waals surface area contributed by atoms with Crippen molar-refractivity contribution in [3.63, 3.8) is 0 Å². The van der Waals surface area contributed by atoms with E-state index in [1.165, 1.54) is 34.9 Å². The lowest BCUT2D eigenvalue weighted by atomic mass is 9.97. The highest BCUT2D eigenvalue weighted by Crippen LogP contribution is 2.43. The Bertz CT molecular complexity index is 2430. The van der Waals surface area contributed by atoms with E-state index in [2.05, 4.69) is 0 Å². The van der Waals surface area contributed by atoms with Crippen molar-refractivity contribution in [1.29, 1.82) is 0 Å². The minimum Gasteiger partial charge on any atom is -0.308 e. The minimum absolute atomic E-state index is 0.0257. The number of hydrogen-bond donors (Lipinski definition) is 0. The lowest BCUT2D eigenvalue weighted by Crippen LogP contribution is -2.30.